The summed E-state index contributed by atoms with van der Waals surface area (Å²) < 4.78 is 14.0. The molecule has 0 heterocycles. The molecule has 0 aliphatic carbocycles. The second-order valence-electron chi connectivity index (χ2n) is 3.72. The summed E-state index contributed by atoms with van der Waals surface area (Å²) in [5, 5.41) is 0. The zero-order valence-electron chi connectivity index (χ0n) is 8.95. The van der Waals surface area contributed by atoms with E-state index in [-0.39, 0.29) is 5.82 Å². The zero-order valence-corrected chi connectivity index (χ0v) is 11.1. The first-order chi connectivity index (χ1) is 7.68. The highest BCUT2D eigenvalue weighted by molar-refractivity contribution is 14.1. The third-order valence-electron chi connectivity index (χ3n) is 2.55. The van der Waals surface area contributed by atoms with Gasteiger partial charge in [0.25, 0.3) is 0 Å². The lowest BCUT2D eigenvalue weighted by Gasteiger charge is -2.06. The van der Waals surface area contributed by atoms with Crippen molar-refractivity contribution in [1.82, 2.24) is 0 Å². The Morgan fingerprint density at radius 1 is 1.00 bits per heavy atom. The quantitative estimate of drug-likeness (QED) is 0.539. The van der Waals surface area contributed by atoms with Gasteiger partial charge < -0.3 is 0 Å². The zero-order chi connectivity index (χ0) is 11.5. The van der Waals surface area contributed by atoms with Gasteiger partial charge in [-0.05, 0) is 24.1 Å². The van der Waals surface area contributed by atoms with E-state index in [1.54, 1.807) is 12.1 Å². The predicted octanol–water partition coefficient (Wildman–Crippen LogP) is 4.99. The maximum absolute atomic E-state index is 13.5. The standard InChI is InChI=1S/C14H12FI/c1-10(16)11-6-8-12(9-7-11)13-4-2-3-5-14(13)15/h2-10H,1H3. The molecule has 82 valence electrons. The monoisotopic (exact) mass is 326 g/mol. The minimum atomic E-state index is -0.169. The van der Waals surface area contributed by atoms with Gasteiger partial charge in [-0.3, -0.25) is 0 Å². The number of halogens is 2. The molecular formula is C14H12FI. The lowest BCUT2D eigenvalue weighted by atomic mass is 10.0. The van der Waals surface area contributed by atoms with Crippen LogP contribution in [-0.2, 0) is 0 Å². The fourth-order valence-corrected chi connectivity index (χ4v) is 2.04. The van der Waals surface area contributed by atoms with Gasteiger partial charge in [-0.25, -0.2) is 4.39 Å². The van der Waals surface area contributed by atoms with Crippen molar-refractivity contribution in [1.29, 1.82) is 0 Å². The third kappa shape index (κ3) is 2.43. The summed E-state index contributed by atoms with van der Waals surface area (Å²) in [5.41, 5.74) is 2.86. The van der Waals surface area contributed by atoms with Crippen LogP contribution in [0.15, 0.2) is 48.5 Å². The minimum Gasteiger partial charge on any atom is -0.206 e. The van der Waals surface area contributed by atoms with Crippen LogP contribution in [0.3, 0.4) is 0 Å². The highest BCUT2D eigenvalue weighted by Gasteiger charge is 2.05. The molecule has 0 aromatic heterocycles. The molecule has 0 aliphatic rings. The second-order valence-corrected chi connectivity index (χ2v) is 5.59. The van der Waals surface area contributed by atoms with Crippen molar-refractivity contribution in [3.8, 4) is 11.1 Å². The Labute approximate surface area is 109 Å². The number of alkyl halides is 1. The second kappa shape index (κ2) is 4.95. The molecular weight excluding hydrogens is 314 g/mol. The fourth-order valence-electron chi connectivity index (χ4n) is 1.62. The lowest BCUT2D eigenvalue weighted by Crippen LogP contribution is -1.86. The molecule has 0 fully saturated rings. The summed E-state index contributed by atoms with van der Waals surface area (Å²) in [6.07, 6.45) is 0. The van der Waals surface area contributed by atoms with E-state index in [1.807, 2.05) is 18.2 Å². The van der Waals surface area contributed by atoms with Crippen LogP contribution in [0.5, 0.6) is 0 Å². The Balaban J connectivity index is 2.39. The number of rotatable bonds is 2. The highest BCUT2D eigenvalue weighted by Crippen LogP contribution is 2.27. The van der Waals surface area contributed by atoms with Crippen LogP contribution in [-0.4, -0.2) is 0 Å². The summed E-state index contributed by atoms with van der Waals surface area (Å²) in [4.78, 5) is 0. The van der Waals surface area contributed by atoms with Crippen molar-refractivity contribution in [2.45, 2.75) is 10.8 Å². The van der Waals surface area contributed by atoms with E-state index in [0.29, 0.717) is 9.49 Å². The van der Waals surface area contributed by atoms with Crippen molar-refractivity contribution in [3.05, 3.63) is 59.9 Å². The first kappa shape index (κ1) is 11.6. The summed E-state index contributed by atoms with van der Waals surface area (Å²) in [5.74, 6) is -0.169. The van der Waals surface area contributed by atoms with Gasteiger partial charge in [-0.15, -0.1) is 0 Å². The normalized spacial score (nSPS) is 12.4. The van der Waals surface area contributed by atoms with Crippen LogP contribution in [0.2, 0.25) is 0 Å². The number of benzene rings is 2. The van der Waals surface area contributed by atoms with Crippen molar-refractivity contribution in [3.63, 3.8) is 0 Å². The van der Waals surface area contributed by atoms with Gasteiger partial charge >= 0.3 is 0 Å². The van der Waals surface area contributed by atoms with Gasteiger partial charge in [-0.2, -0.15) is 0 Å². The summed E-state index contributed by atoms with van der Waals surface area (Å²) in [7, 11) is 0. The molecule has 0 aliphatic heterocycles. The largest absolute Gasteiger partial charge is 0.206 e. The Morgan fingerprint density at radius 3 is 2.19 bits per heavy atom. The van der Waals surface area contributed by atoms with E-state index in [1.165, 1.54) is 11.6 Å². The molecule has 0 N–H and O–H groups in total. The number of hydrogen-bond donors (Lipinski definition) is 0. The van der Waals surface area contributed by atoms with E-state index in [4.69, 9.17) is 0 Å². The molecule has 0 saturated carbocycles. The van der Waals surface area contributed by atoms with Crippen LogP contribution < -0.4 is 0 Å². The average Bonchev–Trinajstić information content (AvgIpc) is 2.30. The molecule has 2 rings (SSSR count). The SMILES string of the molecule is CC(I)c1ccc(-c2ccccc2F)cc1. The Bertz CT molecular complexity index is 474. The predicted molar refractivity (Wildman–Crippen MR) is 74.3 cm³/mol. The molecule has 2 heteroatoms. The molecule has 2 aromatic rings. The van der Waals surface area contributed by atoms with Crippen LogP contribution in [0, 0.1) is 5.82 Å². The van der Waals surface area contributed by atoms with E-state index >= 15 is 0 Å². The molecule has 0 spiro atoms. The molecule has 1 atom stereocenters. The summed E-state index contributed by atoms with van der Waals surface area (Å²) >= 11 is 2.37. The topological polar surface area (TPSA) is 0 Å². The maximum Gasteiger partial charge on any atom is 0.131 e. The van der Waals surface area contributed by atoms with Crippen molar-refractivity contribution >= 4 is 22.6 Å². The van der Waals surface area contributed by atoms with Crippen molar-refractivity contribution < 1.29 is 4.39 Å². The molecule has 1 unspecified atom stereocenters. The van der Waals surface area contributed by atoms with Gasteiger partial charge in [0, 0.05) is 9.49 Å². The first-order valence-corrected chi connectivity index (χ1v) is 6.42. The third-order valence-corrected chi connectivity index (χ3v) is 3.27. The molecule has 0 radical (unpaired) electrons. The van der Waals surface area contributed by atoms with Gasteiger partial charge in [0.15, 0.2) is 0 Å². The Hall–Kier alpha value is -0.900. The fraction of sp³-hybridized carbons (Fsp3) is 0.143. The van der Waals surface area contributed by atoms with Crippen LogP contribution in [0.4, 0.5) is 4.39 Å². The van der Waals surface area contributed by atoms with E-state index in [9.17, 15) is 4.39 Å². The Morgan fingerprint density at radius 2 is 1.62 bits per heavy atom. The summed E-state index contributed by atoms with van der Waals surface area (Å²) in [6, 6.07) is 14.9. The van der Waals surface area contributed by atoms with Crippen molar-refractivity contribution in [2.75, 3.05) is 0 Å². The molecule has 16 heavy (non-hydrogen) atoms. The van der Waals surface area contributed by atoms with Crippen LogP contribution in [0.25, 0.3) is 11.1 Å². The number of hydrogen-bond acceptors (Lipinski definition) is 0. The molecule has 0 bridgehead atoms. The van der Waals surface area contributed by atoms with Gasteiger partial charge in [0.1, 0.15) is 5.82 Å². The highest BCUT2D eigenvalue weighted by atomic mass is 127. The smallest absolute Gasteiger partial charge is 0.131 e. The minimum absolute atomic E-state index is 0.169. The van der Waals surface area contributed by atoms with E-state index in [2.05, 4.69) is 41.6 Å². The van der Waals surface area contributed by atoms with Gasteiger partial charge in [0.05, 0.1) is 0 Å². The van der Waals surface area contributed by atoms with E-state index in [0.717, 1.165) is 5.56 Å². The molecule has 0 saturated heterocycles. The maximum atomic E-state index is 13.5. The Kier molecular flexibility index (Phi) is 3.59. The van der Waals surface area contributed by atoms with Crippen LogP contribution in [0.1, 0.15) is 16.4 Å². The lowest BCUT2D eigenvalue weighted by molar-refractivity contribution is 0.631. The summed E-state index contributed by atoms with van der Waals surface area (Å²) in [6.45, 7) is 2.14. The van der Waals surface area contributed by atoms with E-state index < -0.39 is 0 Å². The molecule has 0 amide bonds. The molecule has 2 aromatic carbocycles. The first-order valence-electron chi connectivity index (χ1n) is 5.17. The average molecular weight is 326 g/mol. The van der Waals surface area contributed by atoms with Crippen molar-refractivity contribution in [2.24, 2.45) is 0 Å². The van der Waals surface area contributed by atoms with Gasteiger partial charge in [-0.1, -0.05) is 65.1 Å². The molecule has 0 nitrogen and oxygen atoms in total. The van der Waals surface area contributed by atoms with Crippen LogP contribution >= 0.6 is 22.6 Å². The van der Waals surface area contributed by atoms with Gasteiger partial charge in [0.2, 0.25) is 0 Å².